The first kappa shape index (κ1) is 11.0. The van der Waals surface area contributed by atoms with Crippen LogP contribution in [0.5, 0.6) is 0 Å². The van der Waals surface area contributed by atoms with Crippen LogP contribution < -0.4 is 11.5 Å². The Balaban J connectivity index is 2.46. The molecule has 1 atom stereocenters. The molecule has 0 saturated heterocycles. The highest BCUT2D eigenvalue weighted by atomic mass is 32.2. The van der Waals surface area contributed by atoms with E-state index in [1.807, 2.05) is 0 Å². The van der Waals surface area contributed by atoms with Crippen LogP contribution in [0.3, 0.4) is 0 Å². The Morgan fingerprint density at radius 1 is 1.43 bits per heavy atom. The highest BCUT2D eigenvalue weighted by Gasteiger charge is 2.08. The minimum absolute atomic E-state index is 0.284. The summed E-state index contributed by atoms with van der Waals surface area (Å²) in [6.45, 7) is 0. The number of primary amides is 1. The molecule has 76 valence electrons. The molecule has 0 heterocycles. The lowest BCUT2D eigenvalue weighted by molar-refractivity contribution is -0.118. The zero-order chi connectivity index (χ0) is 10.6. The molecule has 0 radical (unpaired) electrons. The van der Waals surface area contributed by atoms with Crippen molar-refractivity contribution in [2.24, 2.45) is 11.5 Å². The Labute approximate surface area is 85.7 Å². The van der Waals surface area contributed by atoms with Crippen molar-refractivity contribution in [3.8, 4) is 0 Å². The third kappa shape index (κ3) is 3.35. The molecule has 1 amide bonds. The molecule has 1 rings (SSSR count). The average Bonchev–Trinajstić information content (AvgIpc) is 2.16. The summed E-state index contributed by atoms with van der Waals surface area (Å²) < 4.78 is 12.5. The zero-order valence-electron chi connectivity index (χ0n) is 7.44. The van der Waals surface area contributed by atoms with Crippen molar-refractivity contribution in [1.29, 1.82) is 0 Å². The van der Waals surface area contributed by atoms with Gasteiger partial charge in [0.1, 0.15) is 5.82 Å². The maximum atomic E-state index is 12.5. The number of amides is 1. The molecule has 1 aromatic carbocycles. The van der Waals surface area contributed by atoms with E-state index in [1.165, 1.54) is 23.9 Å². The van der Waals surface area contributed by atoms with Crippen molar-refractivity contribution < 1.29 is 9.18 Å². The summed E-state index contributed by atoms with van der Waals surface area (Å²) in [7, 11) is 0. The first-order valence-corrected chi connectivity index (χ1v) is 5.01. The van der Waals surface area contributed by atoms with Gasteiger partial charge in [0.15, 0.2) is 0 Å². The summed E-state index contributed by atoms with van der Waals surface area (Å²) in [4.78, 5) is 11.5. The van der Waals surface area contributed by atoms with Gasteiger partial charge in [-0.1, -0.05) is 0 Å². The lowest BCUT2D eigenvalue weighted by atomic mass is 10.3. The van der Waals surface area contributed by atoms with Gasteiger partial charge in [-0.05, 0) is 24.3 Å². The van der Waals surface area contributed by atoms with Gasteiger partial charge in [-0.15, -0.1) is 11.8 Å². The van der Waals surface area contributed by atoms with Crippen LogP contribution in [0.15, 0.2) is 29.2 Å². The van der Waals surface area contributed by atoms with E-state index in [0.717, 1.165) is 4.90 Å². The summed E-state index contributed by atoms with van der Waals surface area (Å²) in [6, 6.07) is 5.32. The molecule has 14 heavy (non-hydrogen) atoms. The molecule has 1 unspecified atom stereocenters. The average molecular weight is 214 g/mol. The van der Waals surface area contributed by atoms with Gasteiger partial charge < -0.3 is 11.5 Å². The first-order valence-electron chi connectivity index (χ1n) is 4.03. The molecular formula is C9H11FN2OS. The van der Waals surface area contributed by atoms with Crippen molar-refractivity contribution in [2.75, 3.05) is 5.75 Å². The standard InChI is InChI=1S/C9H11FN2OS/c10-6-1-3-7(4-2-6)14-5-8(11)9(12)13/h1-4,8H,5,11H2,(H2,12,13). The van der Waals surface area contributed by atoms with Crippen LogP contribution in [0.1, 0.15) is 0 Å². The Morgan fingerprint density at radius 3 is 2.50 bits per heavy atom. The molecule has 0 bridgehead atoms. The van der Waals surface area contributed by atoms with E-state index < -0.39 is 11.9 Å². The normalized spacial score (nSPS) is 12.4. The van der Waals surface area contributed by atoms with Crippen molar-refractivity contribution in [3.05, 3.63) is 30.1 Å². The number of nitrogens with two attached hydrogens (primary N) is 2. The van der Waals surface area contributed by atoms with Crippen LogP contribution in [0.25, 0.3) is 0 Å². The van der Waals surface area contributed by atoms with Gasteiger partial charge >= 0.3 is 0 Å². The molecule has 0 aliphatic heterocycles. The van der Waals surface area contributed by atoms with Gasteiger partial charge in [-0.3, -0.25) is 4.79 Å². The molecule has 0 saturated carbocycles. The fraction of sp³-hybridized carbons (Fsp3) is 0.222. The molecule has 3 nitrogen and oxygen atoms in total. The minimum Gasteiger partial charge on any atom is -0.368 e. The van der Waals surface area contributed by atoms with E-state index in [9.17, 15) is 9.18 Å². The van der Waals surface area contributed by atoms with Crippen LogP contribution in [-0.4, -0.2) is 17.7 Å². The molecule has 5 heteroatoms. The molecule has 0 aliphatic rings. The van der Waals surface area contributed by atoms with Crippen LogP contribution in [-0.2, 0) is 4.79 Å². The second-order valence-corrected chi connectivity index (χ2v) is 3.87. The van der Waals surface area contributed by atoms with Crippen molar-refractivity contribution >= 4 is 17.7 Å². The lowest BCUT2D eigenvalue weighted by Gasteiger charge is -2.06. The number of carbonyl (C=O) groups excluding carboxylic acids is 1. The number of halogens is 1. The smallest absolute Gasteiger partial charge is 0.235 e. The third-order valence-electron chi connectivity index (χ3n) is 1.61. The summed E-state index contributed by atoms with van der Waals surface area (Å²) in [5.41, 5.74) is 10.4. The van der Waals surface area contributed by atoms with Crippen molar-refractivity contribution in [1.82, 2.24) is 0 Å². The van der Waals surface area contributed by atoms with Crippen molar-refractivity contribution in [2.45, 2.75) is 10.9 Å². The number of hydrogen-bond donors (Lipinski definition) is 2. The van der Waals surface area contributed by atoms with E-state index in [2.05, 4.69) is 0 Å². The number of benzene rings is 1. The van der Waals surface area contributed by atoms with E-state index in [-0.39, 0.29) is 5.82 Å². The second kappa shape index (κ2) is 4.97. The van der Waals surface area contributed by atoms with E-state index in [4.69, 9.17) is 11.5 Å². The van der Waals surface area contributed by atoms with Gasteiger partial charge in [0, 0.05) is 10.6 Å². The number of rotatable bonds is 4. The Bertz CT molecular complexity index is 315. The predicted octanol–water partition coefficient (Wildman–Crippen LogP) is 0.730. The molecule has 0 spiro atoms. The predicted molar refractivity (Wildman–Crippen MR) is 54.3 cm³/mol. The van der Waals surface area contributed by atoms with E-state index in [0.29, 0.717) is 5.75 Å². The van der Waals surface area contributed by atoms with Gasteiger partial charge in [0.2, 0.25) is 5.91 Å². The SMILES string of the molecule is NC(=O)C(N)CSc1ccc(F)cc1. The summed E-state index contributed by atoms with van der Waals surface area (Å²) in [6.07, 6.45) is 0. The number of hydrogen-bond acceptors (Lipinski definition) is 3. The van der Waals surface area contributed by atoms with E-state index in [1.54, 1.807) is 12.1 Å². The summed E-state index contributed by atoms with van der Waals surface area (Å²) >= 11 is 1.37. The molecule has 4 N–H and O–H groups in total. The molecular weight excluding hydrogens is 203 g/mol. The summed E-state index contributed by atoms with van der Waals surface area (Å²) in [5.74, 6) is -0.408. The molecule has 0 fully saturated rings. The van der Waals surface area contributed by atoms with Crippen LogP contribution in [0.4, 0.5) is 4.39 Å². The number of carbonyl (C=O) groups is 1. The maximum absolute atomic E-state index is 12.5. The Hall–Kier alpha value is -1.07. The molecule has 1 aromatic rings. The maximum Gasteiger partial charge on any atom is 0.235 e. The Morgan fingerprint density at radius 2 is 2.00 bits per heavy atom. The van der Waals surface area contributed by atoms with Crippen molar-refractivity contribution in [3.63, 3.8) is 0 Å². The number of thioether (sulfide) groups is 1. The largest absolute Gasteiger partial charge is 0.368 e. The highest BCUT2D eigenvalue weighted by Crippen LogP contribution is 2.18. The van der Waals surface area contributed by atoms with E-state index >= 15 is 0 Å². The van der Waals surface area contributed by atoms with Gasteiger partial charge in [-0.25, -0.2) is 4.39 Å². The zero-order valence-corrected chi connectivity index (χ0v) is 8.26. The quantitative estimate of drug-likeness (QED) is 0.726. The Kier molecular flexibility index (Phi) is 3.91. The molecule has 0 aromatic heterocycles. The monoisotopic (exact) mass is 214 g/mol. The molecule has 0 aliphatic carbocycles. The fourth-order valence-electron chi connectivity index (χ4n) is 0.799. The van der Waals surface area contributed by atoms with Gasteiger partial charge in [-0.2, -0.15) is 0 Å². The van der Waals surface area contributed by atoms with Crippen LogP contribution in [0.2, 0.25) is 0 Å². The highest BCUT2D eigenvalue weighted by molar-refractivity contribution is 7.99. The third-order valence-corrected chi connectivity index (χ3v) is 2.74. The van der Waals surface area contributed by atoms with Gasteiger partial charge in [0.25, 0.3) is 0 Å². The van der Waals surface area contributed by atoms with Crippen LogP contribution in [0, 0.1) is 5.82 Å². The summed E-state index contributed by atoms with van der Waals surface area (Å²) in [5, 5.41) is 0. The topological polar surface area (TPSA) is 69.1 Å². The van der Waals surface area contributed by atoms with Crippen LogP contribution >= 0.6 is 11.8 Å². The van der Waals surface area contributed by atoms with Gasteiger partial charge in [0.05, 0.1) is 6.04 Å². The first-order chi connectivity index (χ1) is 6.59. The fourth-order valence-corrected chi connectivity index (χ4v) is 1.66. The minimum atomic E-state index is -0.662. The second-order valence-electron chi connectivity index (χ2n) is 2.77. The lowest BCUT2D eigenvalue weighted by Crippen LogP contribution is -2.38.